The average molecular weight is 583 g/mol. The largest absolute Gasteiger partial charge is 0.494 e. The highest BCUT2D eigenvalue weighted by Crippen LogP contribution is 2.49. The number of pyridine rings is 2. The van der Waals surface area contributed by atoms with Crippen molar-refractivity contribution in [2.45, 2.75) is 31.8 Å². The van der Waals surface area contributed by atoms with Crippen LogP contribution >= 0.6 is 15.9 Å². The van der Waals surface area contributed by atoms with Gasteiger partial charge in [-0.3, -0.25) is 4.98 Å². The van der Waals surface area contributed by atoms with Crippen molar-refractivity contribution < 1.29 is 19.0 Å². The van der Waals surface area contributed by atoms with Crippen molar-refractivity contribution in [2.75, 3.05) is 34.9 Å². The van der Waals surface area contributed by atoms with Crippen molar-refractivity contribution in [2.24, 2.45) is 0 Å². The molecule has 8 heteroatoms. The van der Waals surface area contributed by atoms with E-state index in [0.29, 0.717) is 30.0 Å². The van der Waals surface area contributed by atoms with Gasteiger partial charge in [0.2, 0.25) is 5.88 Å². The summed E-state index contributed by atoms with van der Waals surface area (Å²) < 4.78 is 28.1. The maximum atomic E-state index is 16.1. The van der Waals surface area contributed by atoms with Crippen LogP contribution < -0.4 is 9.47 Å². The second-order valence-electron chi connectivity index (χ2n) is 9.84. The van der Waals surface area contributed by atoms with E-state index in [2.05, 4.69) is 20.9 Å². The van der Waals surface area contributed by atoms with Crippen molar-refractivity contribution in [1.29, 1.82) is 0 Å². The van der Waals surface area contributed by atoms with Crippen LogP contribution in [0.25, 0.3) is 10.9 Å². The zero-order valence-electron chi connectivity index (χ0n) is 22.5. The van der Waals surface area contributed by atoms with E-state index in [1.165, 1.54) is 14.2 Å². The van der Waals surface area contributed by atoms with E-state index in [4.69, 9.17) is 14.5 Å². The van der Waals surface area contributed by atoms with Crippen molar-refractivity contribution in [3.05, 3.63) is 93.0 Å². The Morgan fingerprint density at radius 1 is 0.974 bits per heavy atom. The van der Waals surface area contributed by atoms with Gasteiger partial charge in [0.05, 0.1) is 25.7 Å². The first kappa shape index (κ1) is 28.0. The molecule has 0 unspecified atom stereocenters. The molecule has 2 aromatic heterocycles. The van der Waals surface area contributed by atoms with Crippen LogP contribution in [0.2, 0.25) is 0 Å². The zero-order chi connectivity index (χ0) is 27.6. The molecule has 200 valence electrons. The van der Waals surface area contributed by atoms with E-state index < -0.39 is 17.3 Å². The molecule has 6 nitrogen and oxygen atoms in total. The summed E-state index contributed by atoms with van der Waals surface area (Å²) in [4.78, 5) is 11.3. The molecule has 0 spiro atoms. The molecule has 0 radical (unpaired) electrons. The fraction of sp³-hybridized carbons (Fsp3) is 0.333. The van der Waals surface area contributed by atoms with Gasteiger partial charge in [-0.15, -0.1) is 0 Å². The minimum absolute atomic E-state index is 0.0972. The summed E-state index contributed by atoms with van der Waals surface area (Å²) in [6, 6.07) is 16.4. The van der Waals surface area contributed by atoms with Crippen LogP contribution in [0.1, 0.15) is 40.4 Å². The van der Waals surface area contributed by atoms with E-state index >= 15 is 4.39 Å². The van der Waals surface area contributed by atoms with E-state index in [1.807, 2.05) is 69.2 Å². The summed E-state index contributed by atoms with van der Waals surface area (Å²) in [5.41, 5.74) is 2.20. The Hall–Kier alpha value is -3.07. The molecule has 38 heavy (non-hydrogen) atoms. The van der Waals surface area contributed by atoms with Gasteiger partial charge in [0, 0.05) is 38.9 Å². The van der Waals surface area contributed by atoms with Gasteiger partial charge >= 0.3 is 0 Å². The number of nitrogens with zero attached hydrogens (tertiary/aromatic N) is 3. The van der Waals surface area contributed by atoms with Gasteiger partial charge in [-0.25, -0.2) is 9.37 Å². The van der Waals surface area contributed by atoms with Crippen LogP contribution in [0.15, 0.2) is 59.1 Å². The van der Waals surface area contributed by atoms with Crippen LogP contribution in [-0.4, -0.2) is 54.8 Å². The highest BCUT2D eigenvalue weighted by molar-refractivity contribution is 9.10. The minimum atomic E-state index is -1.55. The van der Waals surface area contributed by atoms with Crippen molar-refractivity contribution in [3.63, 3.8) is 0 Å². The minimum Gasteiger partial charge on any atom is -0.494 e. The first-order chi connectivity index (χ1) is 18.1. The fourth-order valence-corrected chi connectivity index (χ4v) is 5.42. The van der Waals surface area contributed by atoms with Crippen molar-refractivity contribution in [1.82, 2.24) is 14.9 Å². The first-order valence-electron chi connectivity index (χ1n) is 12.4. The number of fused-ring (bicyclic) bond motifs is 1. The lowest BCUT2D eigenvalue weighted by molar-refractivity contribution is 0.00262. The number of benzene rings is 2. The summed E-state index contributed by atoms with van der Waals surface area (Å²) in [7, 11) is 6.86. The van der Waals surface area contributed by atoms with Crippen molar-refractivity contribution in [3.8, 4) is 11.6 Å². The topological polar surface area (TPSA) is 67.7 Å². The Labute approximate surface area is 231 Å². The normalized spacial score (nSPS) is 13.9. The summed E-state index contributed by atoms with van der Waals surface area (Å²) in [5, 5.41) is 13.7. The molecular weight excluding hydrogens is 549 g/mol. The molecule has 1 N–H and O–H groups in total. The molecule has 0 aliphatic rings. The second-order valence-corrected chi connectivity index (χ2v) is 10.8. The number of hydrogen-bond acceptors (Lipinski definition) is 6. The monoisotopic (exact) mass is 581 g/mol. The molecule has 0 saturated heterocycles. The molecule has 4 aromatic rings. The Kier molecular flexibility index (Phi) is 8.35. The summed E-state index contributed by atoms with van der Waals surface area (Å²) >= 11 is 3.54. The predicted octanol–water partition coefficient (Wildman–Crippen LogP) is 6.14. The molecule has 2 aromatic carbocycles. The average Bonchev–Trinajstić information content (AvgIpc) is 2.87. The zero-order valence-corrected chi connectivity index (χ0v) is 24.1. The Balaban J connectivity index is 2.11. The van der Waals surface area contributed by atoms with Crippen LogP contribution in [0.5, 0.6) is 11.6 Å². The fourth-order valence-electron chi connectivity index (χ4n) is 5.04. The lowest BCUT2D eigenvalue weighted by Crippen LogP contribution is -2.38. The molecule has 2 heterocycles. The number of ether oxygens (including phenoxy) is 2. The smallest absolute Gasteiger partial charge is 0.217 e. The number of aromatic nitrogens is 2. The van der Waals surface area contributed by atoms with E-state index in [0.717, 1.165) is 26.8 Å². The van der Waals surface area contributed by atoms with Crippen molar-refractivity contribution >= 4 is 26.8 Å². The Morgan fingerprint density at radius 2 is 1.68 bits per heavy atom. The van der Waals surface area contributed by atoms with Gasteiger partial charge in [0.15, 0.2) is 11.6 Å². The van der Waals surface area contributed by atoms with Gasteiger partial charge in [-0.2, -0.15) is 0 Å². The van der Waals surface area contributed by atoms with Gasteiger partial charge in [-0.05, 0) is 82.4 Å². The van der Waals surface area contributed by atoms with Crippen LogP contribution in [0.4, 0.5) is 4.39 Å². The van der Waals surface area contributed by atoms with Gasteiger partial charge in [-0.1, -0.05) is 28.1 Å². The van der Waals surface area contributed by atoms with E-state index in [9.17, 15) is 5.11 Å². The van der Waals surface area contributed by atoms with Crippen LogP contribution in [0.3, 0.4) is 0 Å². The number of aryl methyl sites for hydroxylation is 2. The molecule has 0 amide bonds. The SMILES string of the molecule is COc1cccc([C@H](c2cc3cc(Br)ccc3nc2OC)[C@@](O)(CCN(C)C)c2cc(C)nc(C)c2)c1F. The Bertz CT molecular complexity index is 1440. The molecule has 0 bridgehead atoms. The first-order valence-corrected chi connectivity index (χ1v) is 13.2. The number of halogens is 2. The maximum absolute atomic E-state index is 16.1. The molecule has 0 fully saturated rings. The number of aliphatic hydroxyl groups is 1. The molecule has 0 aliphatic heterocycles. The summed E-state index contributed by atoms with van der Waals surface area (Å²) in [5.74, 6) is -1.01. The number of methoxy groups -OCH3 is 2. The lowest BCUT2D eigenvalue weighted by Gasteiger charge is -2.39. The standard InChI is InChI=1S/C30H33BrFN3O3/c1-18-14-21(15-19(2)33-18)30(36,12-13-35(3)4)27(23-8-7-9-26(37-5)28(23)32)24-17-20-16-22(31)10-11-25(20)34-29(24)38-6/h7-11,14-17,27,36H,12-13H2,1-6H3/t27-,30-/m1/s1. The molecule has 0 saturated carbocycles. The number of hydrogen-bond donors (Lipinski definition) is 1. The highest BCUT2D eigenvalue weighted by atomic mass is 79.9. The van der Waals surface area contributed by atoms with Gasteiger partial charge < -0.3 is 19.5 Å². The van der Waals surface area contributed by atoms with Crippen LogP contribution in [-0.2, 0) is 5.60 Å². The molecular formula is C30H33BrFN3O3. The Morgan fingerprint density at radius 3 is 2.32 bits per heavy atom. The molecule has 0 aliphatic carbocycles. The third-order valence-corrected chi connectivity index (χ3v) is 7.29. The molecule has 2 atom stereocenters. The lowest BCUT2D eigenvalue weighted by atomic mass is 9.71. The maximum Gasteiger partial charge on any atom is 0.217 e. The van der Waals surface area contributed by atoms with Gasteiger partial charge in [0.25, 0.3) is 0 Å². The summed E-state index contributed by atoms with van der Waals surface area (Å²) in [6.45, 7) is 4.33. The summed E-state index contributed by atoms with van der Waals surface area (Å²) in [6.07, 6.45) is 0.309. The molecule has 4 rings (SSSR count). The quantitative estimate of drug-likeness (QED) is 0.256. The second kappa shape index (κ2) is 11.4. The van der Waals surface area contributed by atoms with Gasteiger partial charge in [0.1, 0.15) is 5.60 Å². The highest BCUT2D eigenvalue weighted by Gasteiger charge is 2.44. The van der Waals surface area contributed by atoms with E-state index in [-0.39, 0.29) is 11.3 Å². The van der Waals surface area contributed by atoms with Crippen LogP contribution in [0, 0.1) is 19.7 Å². The third kappa shape index (κ3) is 5.53. The third-order valence-electron chi connectivity index (χ3n) is 6.80. The number of rotatable bonds is 9. The predicted molar refractivity (Wildman–Crippen MR) is 152 cm³/mol. The van der Waals surface area contributed by atoms with E-state index in [1.54, 1.807) is 18.2 Å².